The van der Waals surface area contributed by atoms with Gasteiger partial charge in [-0.1, -0.05) is 0 Å². The Bertz CT molecular complexity index is 308. The van der Waals surface area contributed by atoms with Gasteiger partial charge in [0.2, 0.25) is 0 Å². The molecule has 4 nitrogen and oxygen atoms in total. The zero-order chi connectivity index (χ0) is 9.97. The molecule has 1 aliphatic carbocycles. The van der Waals surface area contributed by atoms with Crippen molar-refractivity contribution in [3.8, 4) is 0 Å². The van der Waals surface area contributed by atoms with Crippen molar-refractivity contribution in [2.24, 2.45) is 11.7 Å². The molecular weight excluding hydrogens is 198 g/mol. The van der Waals surface area contributed by atoms with Gasteiger partial charge in [-0.2, -0.15) is 0 Å². The van der Waals surface area contributed by atoms with E-state index in [1.54, 1.807) is 11.7 Å². The van der Waals surface area contributed by atoms with Crippen molar-refractivity contribution in [2.45, 2.75) is 18.9 Å². The maximum absolute atomic E-state index is 11.5. The molecule has 1 saturated carbocycles. The normalized spacial score (nSPS) is 17.8. The van der Waals surface area contributed by atoms with Crippen molar-refractivity contribution in [2.75, 3.05) is 6.54 Å². The van der Waals surface area contributed by atoms with E-state index in [1.165, 1.54) is 24.2 Å². The van der Waals surface area contributed by atoms with E-state index in [2.05, 4.69) is 10.3 Å². The number of rotatable bonds is 4. The summed E-state index contributed by atoms with van der Waals surface area (Å²) in [5.74, 6) is 0.556. The van der Waals surface area contributed by atoms with Gasteiger partial charge in [-0.25, -0.2) is 0 Å². The molecule has 5 heteroatoms. The Hall–Kier alpha value is -0.940. The number of hydrogen-bond donors (Lipinski definition) is 2. The van der Waals surface area contributed by atoms with Gasteiger partial charge in [0.25, 0.3) is 5.91 Å². The summed E-state index contributed by atoms with van der Waals surface area (Å²) in [5, 5.41) is 2.81. The first kappa shape index (κ1) is 9.61. The first-order valence-corrected chi connectivity index (χ1v) is 5.57. The molecule has 1 aliphatic rings. The minimum Gasteiger partial charge on any atom is -0.350 e. The van der Waals surface area contributed by atoms with E-state index in [0.29, 0.717) is 17.3 Å². The number of nitrogens with zero attached hydrogens (tertiary/aromatic N) is 1. The van der Waals surface area contributed by atoms with Gasteiger partial charge in [0.15, 0.2) is 0 Å². The van der Waals surface area contributed by atoms with Gasteiger partial charge >= 0.3 is 0 Å². The Morgan fingerprint density at radius 2 is 2.57 bits per heavy atom. The predicted molar refractivity (Wildman–Crippen MR) is 55.1 cm³/mol. The zero-order valence-electron chi connectivity index (χ0n) is 7.77. The van der Waals surface area contributed by atoms with Gasteiger partial charge in [-0.3, -0.25) is 9.78 Å². The summed E-state index contributed by atoms with van der Waals surface area (Å²) in [6.45, 7) is 0.571. The summed E-state index contributed by atoms with van der Waals surface area (Å²) in [5.41, 5.74) is 7.50. The van der Waals surface area contributed by atoms with Crippen molar-refractivity contribution < 1.29 is 4.79 Å². The van der Waals surface area contributed by atoms with E-state index >= 15 is 0 Å². The summed E-state index contributed by atoms with van der Waals surface area (Å²) in [6.07, 6.45) is 3.98. The second-order valence-corrected chi connectivity index (χ2v) is 4.46. The van der Waals surface area contributed by atoms with Crippen LogP contribution >= 0.6 is 11.3 Å². The van der Waals surface area contributed by atoms with Crippen LogP contribution < -0.4 is 11.1 Å². The molecule has 0 saturated heterocycles. The van der Waals surface area contributed by atoms with Gasteiger partial charge in [0.1, 0.15) is 4.88 Å². The predicted octanol–water partition coefficient (Wildman–Crippen LogP) is 0.610. The Morgan fingerprint density at radius 1 is 1.79 bits per heavy atom. The van der Waals surface area contributed by atoms with Crippen LogP contribution in [0.3, 0.4) is 0 Å². The average molecular weight is 211 g/mol. The van der Waals surface area contributed by atoms with Crippen LogP contribution in [0.5, 0.6) is 0 Å². The first-order valence-electron chi connectivity index (χ1n) is 4.69. The summed E-state index contributed by atoms with van der Waals surface area (Å²) >= 11 is 1.34. The smallest absolute Gasteiger partial charge is 0.263 e. The molecule has 0 spiro atoms. The van der Waals surface area contributed by atoms with E-state index in [-0.39, 0.29) is 11.9 Å². The molecule has 14 heavy (non-hydrogen) atoms. The number of nitrogens with one attached hydrogen (secondary N) is 1. The SMILES string of the molecule is NC(CNC(=O)c1cncs1)C1CC1. The van der Waals surface area contributed by atoms with Crippen molar-refractivity contribution in [3.05, 3.63) is 16.6 Å². The molecular formula is C9H13N3OS. The highest BCUT2D eigenvalue weighted by Gasteiger charge is 2.28. The Labute approximate surface area is 86.5 Å². The van der Waals surface area contributed by atoms with Crippen molar-refractivity contribution in [1.82, 2.24) is 10.3 Å². The Morgan fingerprint density at radius 3 is 3.14 bits per heavy atom. The highest BCUT2D eigenvalue weighted by Crippen LogP contribution is 2.31. The number of hydrogen-bond acceptors (Lipinski definition) is 4. The van der Waals surface area contributed by atoms with Gasteiger partial charge in [0, 0.05) is 12.6 Å². The standard InChI is InChI=1S/C9H13N3OS/c10-7(6-1-2-6)3-12-9(13)8-4-11-5-14-8/h4-7H,1-3,10H2,(H,12,13). The van der Waals surface area contributed by atoms with Gasteiger partial charge in [-0.05, 0) is 18.8 Å². The minimum atomic E-state index is -0.0661. The molecule has 1 amide bonds. The van der Waals surface area contributed by atoms with Crippen LogP contribution in [0.15, 0.2) is 11.7 Å². The molecule has 1 aromatic heterocycles. The average Bonchev–Trinajstić information content (AvgIpc) is 2.90. The van der Waals surface area contributed by atoms with Crippen molar-refractivity contribution >= 4 is 17.2 Å². The minimum absolute atomic E-state index is 0.0661. The third-order valence-electron chi connectivity index (χ3n) is 2.38. The van der Waals surface area contributed by atoms with Crippen LogP contribution in [0, 0.1) is 5.92 Å². The fraction of sp³-hybridized carbons (Fsp3) is 0.556. The number of carbonyl (C=O) groups excluding carboxylic acids is 1. The van der Waals surface area contributed by atoms with E-state index < -0.39 is 0 Å². The molecule has 1 fully saturated rings. The van der Waals surface area contributed by atoms with E-state index in [4.69, 9.17) is 5.73 Å². The lowest BCUT2D eigenvalue weighted by Gasteiger charge is -2.10. The lowest BCUT2D eigenvalue weighted by atomic mass is 10.2. The molecule has 0 bridgehead atoms. The van der Waals surface area contributed by atoms with E-state index in [9.17, 15) is 4.79 Å². The fourth-order valence-electron chi connectivity index (χ4n) is 1.32. The van der Waals surface area contributed by atoms with Crippen molar-refractivity contribution in [3.63, 3.8) is 0 Å². The zero-order valence-corrected chi connectivity index (χ0v) is 8.59. The van der Waals surface area contributed by atoms with Gasteiger partial charge < -0.3 is 11.1 Å². The molecule has 1 atom stereocenters. The molecule has 0 aliphatic heterocycles. The van der Waals surface area contributed by atoms with Crippen LogP contribution in [0.2, 0.25) is 0 Å². The van der Waals surface area contributed by atoms with Crippen LogP contribution in [-0.2, 0) is 0 Å². The van der Waals surface area contributed by atoms with E-state index in [0.717, 1.165) is 0 Å². The topological polar surface area (TPSA) is 68.0 Å². The number of amides is 1. The Kier molecular flexibility index (Phi) is 2.79. The molecule has 3 N–H and O–H groups in total. The van der Waals surface area contributed by atoms with E-state index in [1.807, 2.05) is 0 Å². The maximum Gasteiger partial charge on any atom is 0.263 e. The number of aromatic nitrogens is 1. The molecule has 76 valence electrons. The third kappa shape index (κ3) is 2.30. The first-order chi connectivity index (χ1) is 6.77. The van der Waals surface area contributed by atoms with Crippen LogP contribution in [0.1, 0.15) is 22.5 Å². The van der Waals surface area contributed by atoms with Crippen LogP contribution in [-0.4, -0.2) is 23.5 Å². The lowest BCUT2D eigenvalue weighted by Crippen LogP contribution is -2.38. The summed E-state index contributed by atoms with van der Waals surface area (Å²) < 4.78 is 0. The molecule has 1 unspecified atom stereocenters. The lowest BCUT2D eigenvalue weighted by molar-refractivity contribution is 0.0954. The van der Waals surface area contributed by atoms with Crippen LogP contribution in [0.4, 0.5) is 0 Å². The van der Waals surface area contributed by atoms with Gasteiger partial charge in [-0.15, -0.1) is 11.3 Å². The summed E-state index contributed by atoms with van der Waals surface area (Å²) in [4.78, 5) is 15.9. The molecule has 0 aromatic carbocycles. The second-order valence-electron chi connectivity index (χ2n) is 3.58. The number of carbonyl (C=O) groups is 1. The maximum atomic E-state index is 11.5. The highest BCUT2D eigenvalue weighted by molar-refractivity contribution is 7.11. The Balaban J connectivity index is 1.77. The summed E-state index contributed by atoms with van der Waals surface area (Å²) in [7, 11) is 0. The molecule has 2 rings (SSSR count). The monoisotopic (exact) mass is 211 g/mol. The van der Waals surface area contributed by atoms with Crippen molar-refractivity contribution in [1.29, 1.82) is 0 Å². The molecule has 1 heterocycles. The quantitative estimate of drug-likeness (QED) is 0.766. The number of thiazole rings is 1. The molecule has 1 aromatic rings. The summed E-state index contributed by atoms with van der Waals surface area (Å²) in [6, 6.07) is 0.117. The fourth-order valence-corrected chi connectivity index (χ4v) is 1.85. The van der Waals surface area contributed by atoms with Crippen LogP contribution in [0.25, 0.3) is 0 Å². The molecule has 0 radical (unpaired) electrons. The number of nitrogens with two attached hydrogens (primary N) is 1. The highest BCUT2D eigenvalue weighted by atomic mass is 32.1. The third-order valence-corrected chi connectivity index (χ3v) is 3.15. The second kappa shape index (κ2) is 4.06. The largest absolute Gasteiger partial charge is 0.350 e. The van der Waals surface area contributed by atoms with Gasteiger partial charge in [0.05, 0.1) is 11.7 Å².